The summed E-state index contributed by atoms with van der Waals surface area (Å²) in [6, 6.07) is 7.74. The molecule has 0 heterocycles. The van der Waals surface area contributed by atoms with E-state index in [1.807, 2.05) is 37.3 Å². The van der Waals surface area contributed by atoms with Crippen molar-refractivity contribution < 1.29 is 4.74 Å². The lowest BCUT2D eigenvalue weighted by Gasteiger charge is -2.00. The molecule has 1 rings (SSSR count). The van der Waals surface area contributed by atoms with Crippen molar-refractivity contribution >= 4 is 15.9 Å². The van der Waals surface area contributed by atoms with Gasteiger partial charge in [0.05, 0.1) is 10.7 Å². The van der Waals surface area contributed by atoms with Crippen molar-refractivity contribution in [1.82, 2.24) is 0 Å². The lowest BCUT2D eigenvalue weighted by Crippen LogP contribution is -1.81. The molecule has 1 aromatic carbocycles. The Hall–Kier alpha value is -0.760. The van der Waals surface area contributed by atoms with E-state index in [2.05, 4.69) is 15.9 Å². The zero-order valence-electron chi connectivity index (χ0n) is 6.25. The Morgan fingerprint density at radius 1 is 1.36 bits per heavy atom. The number of hydrogen-bond donors (Lipinski definition) is 0. The average molecular weight is 213 g/mol. The fraction of sp³-hybridized carbons (Fsp3) is 0.111. The average Bonchev–Trinajstić information content (AvgIpc) is 2.03. The minimum absolute atomic E-state index is 0.839. The maximum absolute atomic E-state index is 5.26. The summed E-state index contributed by atoms with van der Waals surface area (Å²) in [5.74, 6) is 0.839. The van der Waals surface area contributed by atoms with Crippen LogP contribution in [0.4, 0.5) is 0 Å². The molecule has 0 aromatic heterocycles. The van der Waals surface area contributed by atoms with Crippen molar-refractivity contribution in [3.05, 3.63) is 41.1 Å². The number of ether oxygens (including phenoxy) is 1. The minimum Gasteiger partial charge on any atom is -0.464 e. The van der Waals surface area contributed by atoms with E-state index >= 15 is 0 Å². The second kappa shape index (κ2) is 4.19. The second-order valence-corrected chi connectivity index (χ2v) is 2.87. The molecule has 0 saturated heterocycles. The van der Waals surface area contributed by atoms with Gasteiger partial charge in [-0.2, -0.15) is 0 Å². The van der Waals surface area contributed by atoms with Crippen molar-refractivity contribution in [2.24, 2.45) is 0 Å². The first-order chi connectivity index (χ1) is 5.34. The van der Waals surface area contributed by atoms with Crippen LogP contribution in [0.2, 0.25) is 0 Å². The van der Waals surface area contributed by atoms with Crippen LogP contribution < -0.4 is 4.74 Å². The molecule has 0 fully saturated rings. The van der Waals surface area contributed by atoms with Crippen molar-refractivity contribution in [2.45, 2.75) is 6.92 Å². The topological polar surface area (TPSA) is 9.23 Å². The van der Waals surface area contributed by atoms with E-state index in [4.69, 9.17) is 4.74 Å². The molecule has 0 aliphatic carbocycles. The summed E-state index contributed by atoms with van der Waals surface area (Å²) < 4.78 is 6.23. The molecule has 0 saturated carbocycles. The van der Waals surface area contributed by atoms with Gasteiger partial charge in [0.2, 0.25) is 0 Å². The third-order valence-corrected chi connectivity index (χ3v) is 1.82. The molecule has 11 heavy (non-hydrogen) atoms. The molecular formula is C9H9BrO. The molecule has 0 radical (unpaired) electrons. The lowest BCUT2D eigenvalue weighted by molar-refractivity contribution is 0.477. The first-order valence-corrected chi connectivity index (χ1v) is 4.16. The van der Waals surface area contributed by atoms with Crippen LogP contribution in [0.1, 0.15) is 6.92 Å². The second-order valence-electron chi connectivity index (χ2n) is 2.02. The zero-order valence-corrected chi connectivity index (χ0v) is 7.84. The molecule has 0 unspecified atom stereocenters. The molecule has 0 bridgehead atoms. The summed E-state index contributed by atoms with van der Waals surface area (Å²) in [6.07, 6.45) is 3.50. The minimum atomic E-state index is 0.839. The molecule has 2 heteroatoms. The van der Waals surface area contributed by atoms with Gasteiger partial charge in [-0.25, -0.2) is 0 Å². The molecule has 0 amide bonds. The molecule has 1 aromatic rings. The predicted molar refractivity (Wildman–Crippen MR) is 49.6 cm³/mol. The lowest BCUT2D eigenvalue weighted by atomic mass is 10.3. The maximum atomic E-state index is 5.26. The van der Waals surface area contributed by atoms with E-state index in [1.165, 1.54) is 0 Å². The molecular weight excluding hydrogens is 204 g/mol. The number of hydrogen-bond acceptors (Lipinski definition) is 1. The van der Waals surface area contributed by atoms with Crippen molar-refractivity contribution in [1.29, 1.82) is 0 Å². The first kappa shape index (κ1) is 8.34. The third-order valence-electron chi connectivity index (χ3n) is 1.17. The van der Waals surface area contributed by atoms with Gasteiger partial charge in [0.1, 0.15) is 5.75 Å². The Labute approximate surface area is 74.8 Å². The van der Waals surface area contributed by atoms with E-state index < -0.39 is 0 Å². The van der Waals surface area contributed by atoms with Crippen molar-refractivity contribution in [3.8, 4) is 5.75 Å². The predicted octanol–water partition coefficient (Wildman–Crippen LogP) is 3.36. The number of benzene rings is 1. The standard InChI is InChI=1S/C9H9BrO/c1-2-7-11-9-6-4-3-5-8(9)10/h2-7H,1H3. The summed E-state index contributed by atoms with van der Waals surface area (Å²) in [4.78, 5) is 0. The van der Waals surface area contributed by atoms with E-state index in [0.29, 0.717) is 0 Å². The largest absolute Gasteiger partial charge is 0.464 e. The summed E-state index contributed by atoms with van der Waals surface area (Å²) in [7, 11) is 0. The SMILES string of the molecule is CC=COc1ccccc1Br. The highest BCUT2D eigenvalue weighted by Crippen LogP contribution is 2.23. The van der Waals surface area contributed by atoms with Gasteiger partial charge in [-0.05, 0) is 35.0 Å². The van der Waals surface area contributed by atoms with Crippen LogP contribution in [0.15, 0.2) is 41.1 Å². The van der Waals surface area contributed by atoms with Gasteiger partial charge in [-0.15, -0.1) is 0 Å². The smallest absolute Gasteiger partial charge is 0.140 e. The fourth-order valence-electron chi connectivity index (χ4n) is 0.682. The van der Waals surface area contributed by atoms with Crippen molar-refractivity contribution in [2.75, 3.05) is 0 Å². The summed E-state index contributed by atoms with van der Waals surface area (Å²) >= 11 is 3.37. The molecule has 0 aliphatic heterocycles. The molecule has 0 aliphatic rings. The fourth-order valence-corrected chi connectivity index (χ4v) is 1.06. The van der Waals surface area contributed by atoms with Crippen molar-refractivity contribution in [3.63, 3.8) is 0 Å². The monoisotopic (exact) mass is 212 g/mol. The van der Waals surface area contributed by atoms with Gasteiger partial charge >= 0.3 is 0 Å². The van der Waals surface area contributed by atoms with Gasteiger partial charge in [0.15, 0.2) is 0 Å². The van der Waals surface area contributed by atoms with Crippen LogP contribution in [0.25, 0.3) is 0 Å². The van der Waals surface area contributed by atoms with Crippen LogP contribution >= 0.6 is 15.9 Å². The number of allylic oxidation sites excluding steroid dienone is 1. The highest BCUT2D eigenvalue weighted by molar-refractivity contribution is 9.10. The van der Waals surface area contributed by atoms with E-state index in [1.54, 1.807) is 6.26 Å². The molecule has 58 valence electrons. The number of halogens is 1. The molecule has 0 spiro atoms. The van der Waals surface area contributed by atoms with Gasteiger partial charge in [-0.1, -0.05) is 18.2 Å². The highest BCUT2D eigenvalue weighted by Gasteiger charge is 1.94. The maximum Gasteiger partial charge on any atom is 0.140 e. The van der Waals surface area contributed by atoms with E-state index in [0.717, 1.165) is 10.2 Å². The zero-order chi connectivity index (χ0) is 8.10. The van der Waals surface area contributed by atoms with Crippen LogP contribution in [0.3, 0.4) is 0 Å². The number of rotatable bonds is 2. The first-order valence-electron chi connectivity index (χ1n) is 3.37. The molecule has 0 N–H and O–H groups in total. The Morgan fingerprint density at radius 2 is 2.09 bits per heavy atom. The van der Waals surface area contributed by atoms with Gasteiger partial charge in [-0.3, -0.25) is 0 Å². The Balaban J connectivity index is 2.77. The highest BCUT2D eigenvalue weighted by atomic mass is 79.9. The van der Waals surface area contributed by atoms with Gasteiger partial charge in [0.25, 0.3) is 0 Å². The quantitative estimate of drug-likeness (QED) is 0.684. The van der Waals surface area contributed by atoms with E-state index in [-0.39, 0.29) is 0 Å². The number of para-hydroxylation sites is 1. The van der Waals surface area contributed by atoms with Gasteiger partial charge in [0, 0.05) is 0 Å². The summed E-state index contributed by atoms with van der Waals surface area (Å²) in [5, 5.41) is 0. The van der Waals surface area contributed by atoms with E-state index in [9.17, 15) is 0 Å². The Morgan fingerprint density at radius 3 is 2.73 bits per heavy atom. The van der Waals surface area contributed by atoms with Crippen LogP contribution in [-0.2, 0) is 0 Å². The third kappa shape index (κ3) is 2.39. The summed E-state index contributed by atoms with van der Waals surface area (Å²) in [5.41, 5.74) is 0. The molecule has 1 nitrogen and oxygen atoms in total. The van der Waals surface area contributed by atoms with Crippen LogP contribution in [0.5, 0.6) is 5.75 Å². The molecule has 0 atom stereocenters. The summed E-state index contributed by atoms with van der Waals surface area (Å²) in [6.45, 7) is 1.91. The normalized spacial score (nSPS) is 10.4. The Kier molecular flexibility index (Phi) is 3.17. The Bertz CT molecular complexity index is 255. The van der Waals surface area contributed by atoms with Crippen LogP contribution in [0, 0.1) is 0 Å². The van der Waals surface area contributed by atoms with Gasteiger partial charge < -0.3 is 4.74 Å². The van der Waals surface area contributed by atoms with Crippen LogP contribution in [-0.4, -0.2) is 0 Å².